The lowest BCUT2D eigenvalue weighted by atomic mass is 9.95. The summed E-state index contributed by atoms with van der Waals surface area (Å²) in [7, 11) is 0. The Morgan fingerprint density at radius 1 is 1.14 bits per heavy atom. The highest BCUT2D eigenvalue weighted by molar-refractivity contribution is 6.46. The highest BCUT2D eigenvalue weighted by Crippen LogP contribution is 2.39. The van der Waals surface area contributed by atoms with Crippen molar-refractivity contribution in [2.45, 2.75) is 19.4 Å². The lowest BCUT2D eigenvalue weighted by Crippen LogP contribution is -2.38. The van der Waals surface area contributed by atoms with E-state index >= 15 is 0 Å². The number of nitrogens with zero attached hydrogens (tertiary/aromatic N) is 2. The fraction of sp³-hybridized carbons (Fsp3) is 0.357. The van der Waals surface area contributed by atoms with E-state index in [1.165, 1.54) is 0 Å². The quantitative estimate of drug-likeness (QED) is 0.257. The zero-order chi connectivity index (χ0) is 24.8. The minimum atomic E-state index is -0.660. The van der Waals surface area contributed by atoms with Crippen LogP contribution in [0.5, 0.6) is 5.75 Å². The van der Waals surface area contributed by atoms with Crippen molar-refractivity contribution >= 4 is 17.4 Å². The van der Waals surface area contributed by atoms with E-state index in [0.29, 0.717) is 37.7 Å². The number of ketones is 1. The van der Waals surface area contributed by atoms with Gasteiger partial charge in [0.05, 0.1) is 24.8 Å². The molecule has 1 atom stereocenters. The van der Waals surface area contributed by atoms with E-state index in [-0.39, 0.29) is 11.3 Å². The number of hydrogen-bond donors (Lipinski definition) is 1. The third kappa shape index (κ3) is 5.47. The Hall–Kier alpha value is -3.42. The number of amides is 1. The molecule has 0 aliphatic carbocycles. The van der Waals surface area contributed by atoms with Gasteiger partial charge in [0.1, 0.15) is 18.1 Å². The molecule has 2 saturated heterocycles. The molecule has 4 rings (SSSR count). The van der Waals surface area contributed by atoms with Gasteiger partial charge in [-0.3, -0.25) is 14.5 Å². The smallest absolute Gasteiger partial charge is 0.295 e. The SMILES string of the molecule is C=CCOc1ccc(C(O)=C2C(=O)C(=O)N(CCCN3CCOCC3)[C@@H]2c2ccccc2)cc1C. The van der Waals surface area contributed by atoms with Crippen LogP contribution in [0.25, 0.3) is 5.76 Å². The molecule has 2 aromatic carbocycles. The second kappa shape index (κ2) is 11.3. The van der Waals surface area contributed by atoms with Gasteiger partial charge in [-0.15, -0.1) is 0 Å². The molecular weight excluding hydrogens is 444 g/mol. The Kier molecular flexibility index (Phi) is 8.00. The van der Waals surface area contributed by atoms with Gasteiger partial charge in [0.15, 0.2) is 0 Å². The van der Waals surface area contributed by atoms with Gasteiger partial charge in [-0.2, -0.15) is 0 Å². The summed E-state index contributed by atoms with van der Waals surface area (Å²) in [6.07, 6.45) is 2.39. The molecule has 2 aromatic rings. The van der Waals surface area contributed by atoms with Gasteiger partial charge in [-0.1, -0.05) is 43.0 Å². The minimum Gasteiger partial charge on any atom is -0.507 e. The lowest BCUT2D eigenvalue weighted by Gasteiger charge is -2.29. The normalized spacial score (nSPS) is 20.3. The average Bonchev–Trinajstić information content (AvgIpc) is 3.13. The first-order valence-electron chi connectivity index (χ1n) is 12.0. The van der Waals surface area contributed by atoms with Gasteiger partial charge < -0.3 is 19.5 Å². The second-order valence-corrected chi connectivity index (χ2v) is 8.79. The Morgan fingerprint density at radius 3 is 2.57 bits per heavy atom. The Bertz CT molecular complexity index is 1110. The van der Waals surface area contributed by atoms with Crippen LogP contribution in [-0.4, -0.2) is 72.6 Å². The van der Waals surface area contributed by atoms with Crippen molar-refractivity contribution in [2.75, 3.05) is 46.0 Å². The molecule has 7 heteroatoms. The molecule has 1 amide bonds. The molecule has 0 radical (unpaired) electrons. The van der Waals surface area contributed by atoms with Crippen molar-refractivity contribution < 1.29 is 24.2 Å². The van der Waals surface area contributed by atoms with Crippen molar-refractivity contribution in [2.24, 2.45) is 0 Å². The van der Waals surface area contributed by atoms with Crippen molar-refractivity contribution in [3.63, 3.8) is 0 Å². The number of carbonyl (C=O) groups excluding carboxylic acids is 2. The predicted molar refractivity (Wildman–Crippen MR) is 134 cm³/mol. The zero-order valence-electron chi connectivity index (χ0n) is 20.1. The Balaban J connectivity index is 1.64. The van der Waals surface area contributed by atoms with E-state index in [1.807, 2.05) is 37.3 Å². The summed E-state index contributed by atoms with van der Waals surface area (Å²) < 4.78 is 11.0. The highest BCUT2D eigenvalue weighted by atomic mass is 16.5. The van der Waals surface area contributed by atoms with Gasteiger partial charge in [-0.05, 0) is 42.7 Å². The third-order valence-corrected chi connectivity index (χ3v) is 6.44. The van der Waals surface area contributed by atoms with Crippen LogP contribution in [0.2, 0.25) is 0 Å². The van der Waals surface area contributed by atoms with Crippen LogP contribution in [0.1, 0.15) is 29.2 Å². The number of aliphatic hydroxyl groups excluding tert-OH is 1. The van der Waals surface area contributed by atoms with Crippen molar-refractivity contribution in [3.8, 4) is 5.75 Å². The first-order valence-corrected chi connectivity index (χ1v) is 12.0. The summed E-state index contributed by atoms with van der Waals surface area (Å²) in [6, 6.07) is 14.0. The lowest BCUT2D eigenvalue weighted by molar-refractivity contribution is -0.140. The number of benzene rings is 2. The van der Waals surface area contributed by atoms with E-state index in [1.54, 1.807) is 29.2 Å². The molecule has 0 bridgehead atoms. The Labute approximate surface area is 206 Å². The molecule has 7 nitrogen and oxygen atoms in total. The van der Waals surface area contributed by atoms with E-state index in [9.17, 15) is 14.7 Å². The van der Waals surface area contributed by atoms with Crippen LogP contribution in [0.3, 0.4) is 0 Å². The van der Waals surface area contributed by atoms with Crippen molar-refractivity contribution in [3.05, 3.63) is 83.4 Å². The molecule has 0 spiro atoms. The first kappa shape index (κ1) is 24.7. The van der Waals surface area contributed by atoms with Crippen LogP contribution in [0.4, 0.5) is 0 Å². The number of likely N-dealkylation sites (tertiary alicyclic amines) is 1. The van der Waals surface area contributed by atoms with E-state index in [0.717, 1.165) is 37.2 Å². The monoisotopic (exact) mass is 476 g/mol. The maximum atomic E-state index is 13.2. The summed E-state index contributed by atoms with van der Waals surface area (Å²) in [5, 5.41) is 11.3. The van der Waals surface area contributed by atoms with Gasteiger partial charge >= 0.3 is 0 Å². The number of aliphatic hydroxyl groups is 1. The zero-order valence-corrected chi connectivity index (χ0v) is 20.1. The standard InChI is InChI=1S/C28H32N2O5/c1-3-16-35-23-11-10-22(19-20(23)2)26(31)24-25(21-8-5-4-6-9-21)30(28(33)27(24)32)13-7-12-29-14-17-34-18-15-29/h3-6,8-11,19,25,31H,1,7,12-18H2,2H3/t25-/m1/s1. The van der Waals surface area contributed by atoms with Crippen LogP contribution >= 0.6 is 0 Å². The van der Waals surface area contributed by atoms with Crippen LogP contribution < -0.4 is 4.74 Å². The summed E-state index contributed by atoms with van der Waals surface area (Å²) in [6.45, 7) is 10.3. The predicted octanol–water partition coefficient (Wildman–Crippen LogP) is 3.70. The van der Waals surface area contributed by atoms with Crippen LogP contribution in [0.15, 0.2) is 66.8 Å². The maximum absolute atomic E-state index is 13.2. The maximum Gasteiger partial charge on any atom is 0.295 e. The number of carbonyl (C=O) groups is 2. The molecule has 1 N–H and O–H groups in total. The number of hydrogen-bond acceptors (Lipinski definition) is 6. The number of rotatable bonds is 9. The van der Waals surface area contributed by atoms with Crippen molar-refractivity contribution in [1.82, 2.24) is 9.80 Å². The molecule has 0 unspecified atom stereocenters. The van der Waals surface area contributed by atoms with Gasteiger partial charge in [0.2, 0.25) is 0 Å². The topological polar surface area (TPSA) is 79.3 Å². The van der Waals surface area contributed by atoms with Gasteiger partial charge in [-0.25, -0.2) is 0 Å². The van der Waals surface area contributed by atoms with Crippen LogP contribution in [0, 0.1) is 6.92 Å². The number of morpholine rings is 1. The van der Waals surface area contributed by atoms with E-state index < -0.39 is 17.7 Å². The van der Waals surface area contributed by atoms with Gasteiger partial charge in [0, 0.05) is 31.7 Å². The molecule has 2 aliphatic heterocycles. The molecule has 2 aliphatic rings. The first-order chi connectivity index (χ1) is 17.0. The molecular formula is C28H32N2O5. The molecule has 0 aromatic heterocycles. The average molecular weight is 477 g/mol. The van der Waals surface area contributed by atoms with Gasteiger partial charge in [0.25, 0.3) is 11.7 Å². The summed E-state index contributed by atoms with van der Waals surface area (Å²) >= 11 is 0. The summed E-state index contributed by atoms with van der Waals surface area (Å²) in [4.78, 5) is 30.2. The molecule has 2 fully saturated rings. The van der Waals surface area contributed by atoms with Crippen LogP contribution in [-0.2, 0) is 14.3 Å². The molecule has 35 heavy (non-hydrogen) atoms. The number of aryl methyl sites for hydroxylation is 1. The molecule has 2 heterocycles. The summed E-state index contributed by atoms with van der Waals surface area (Å²) in [5.74, 6) is -0.742. The molecule has 0 saturated carbocycles. The van der Waals surface area contributed by atoms with Crippen molar-refractivity contribution in [1.29, 1.82) is 0 Å². The minimum absolute atomic E-state index is 0.117. The Morgan fingerprint density at radius 2 is 1.89 bits per heavy atom. The fourth-order valence-electron chi connectivity index (χ4n) is 4.64. The van der Waals surface area contributed by atoms with E-state index in [4.69, 9.17) is 9.47 Å². The third-order valence-electron chi connectivity index (χ3n) is 6.44. The molecule has 184 valence electrons. The summed E-state index contributed by atoms with van der Waals surface area (Å²) in [5.41, 5.74) is 2.20. The van der Waals surface area contributed by atoms with E-state index in [2.05, 4.69) is 11.5 Å². The largest absolute Gasteiger partial charge is 0.507 e. The fourth-order valence-corrected chi connectivity index (χ4v) is 4.64. The number of Topliss-reactive ketones (excluding diaryl/α,β-unsaturated/α-hetero) is 1. The second-order valence-electron chi connectivity index (χ2n) is 8.79. The highest BCUT2D eigenvalue weighted by Gasteiger charge is 2.45. The number of ether oxygens (including phenoxy) is 2.